The molecular formula is C11H10FN3. The molecule has 0 aromatic heterocycles. The number of amidine groups is 1. The summed E-state index contributed by atoms with van der Waals surface area (Å²) in [6, 6.07) is 6.36. The lowest BCUT2D eigenvalue weighted by Gasteiger charge is -2.19. The van der Waals surface area contributed by atoms with E-state index < -0.39 is 5.82 Å². The van der Waals surface area contributed by atoms with Crippen molar-refractivity contribution < 1.29 is 4.39 Å². The minimum Gasteiger partial charge on any atom is -0.329 e. The molecule has 15 heavy (non-hydrogen) atoms. The fraction of sp³-hybridized carbons (Fsp3) is 0.273. The van der Waals surface area contributed by atoms with Crippen LogP contribution in [0.2, 0.25) is 0 Å². The Morgan fingerprint density at radius 3 is 2.87 bits per heavy atom. The third-order valence-corrected chi connectivity index (χ3v) is 2.52. The average Bonchev–Trinajstić information content (AvgIpc) is 2.64. The van der Waals surface area contributed by atoms with Gasteiger partial charge in [0, 0.05) is 13.0 Å². The minimum absolute atomic E-state index is 0.0316. The second-order valence-electron chi connectivity index (χ2n) is 3.45. The van der Waals surface area contributed by atoms with Gasteiger partial charge in [0.05, 0.1) is 5.69 Å². The van der Waals surface area contributed by atoms with Crippen LogP contribution in [0.15, 0.2) is 18.2 Å². The summed E-state index contributed by atoms with van der Waals surface area (Å²) in [4.78, 5) is 1.70. The van der Waals surface area contributed by atoms with E-state index in [2.05, 4.69) is 0 Å². The highest BCUT2D eigenvalue weighted by Crippen LogP contribution is 2.26. The molecule has 3 nitrogen and oxygen atoms in total. The van der Waals surface area contributed by atoms with Crippen molar-refractivity contribution in [1.29, 1.82) is 10.7 Å². The monoisotopic (exact) mass is 203 g/mol. The summed E-state index contributed by atoms with van der Waals surface area (Å²) in [6.45, 7) is 0.691. The van der Waals surface area contributed by atoms with Gasteiger partial charge in [-0.25, -0.2) is 4.39 Å². The quantitative estimate of drug-likeness (QED) is 0.761. The number of halogens is 1. The SMILES string of the molecule is N#Cc1c(F)cccc1N1CCCC1=N. The van der Waals surface area contributed by atoms with Gasteiger partial charge in [0.25, 0.3) is 0 Å². The molecular weight excluding hydrogens is 193 g/mol. The average molecular weight is 203 g/mol. The van der Waals surface area contributed by atoms with Crippen LogP contribution >= 0.6 is 0 Å². The number of anilines is 1. The van der Waals surface area contributed by atoms with E-state index in [1.165, 1.54) is 6.07 Å². The lowest BCUT2D eigenvalue weighted by Crippen LogP contribution is -2.24. The molecule has 4 heteroatoms. The molecule has 0 atom stereocenters. The van der Waals surface area contributed by atoms with Gasteiger partial charge in [0.1, 0.15) is 23.3 Å². The standard InChI is InChI=1S/C11H10FN3/c12-9-3-1-4-10(8(9)7-13)15-6-2-5-11(15)14/h1,3-4,14H,2,5-6H2. The highest BCUT2D eigenvalue weighted by atomic mass is 19.1. The molecule has 1 aromatic carbocycles. The molecule has 1 saturated heterocycles. The Morgan fingerprint density at radius 1 is 1.47 bits per heavy atom. The van der Waals surface area contributed by atoms with E-state index in [9.17, 15) is 4.39 Å². The predicted octanol–water partition coefficient (Wildman–Crippen LogP) is 2.27. The van der Waals surface area contributed by atoms with Crippen LogP contribution in [-0.2, 0) is 0 Å². The second kappa shape index (κ2) is 3.70. The molecule has 0 saturated carbocycles. The maximum atomic E-state index is 13.3. The van der Waals surface area contributed by atoms with Gasteiger partial charge in [-0.1, -0.05) is 6.07 Å². The molecule has 0 amide bonds. The van der Waals surface area contributed by atoms with Gasteiger partial charge in [0.2, 0.25) is 0 Å². The molecule has 76 valence electrons. The van der Waals surface area contributed by atoms with Crippen LogP contribution in [0.3, 0.4) is 0 Å². The molecule has 1 aliphatic heterocycles. The molecule has 0 bridgehead atoms. The third-order valence-electron chi connectivity index (χ3n) is 2.52. The van der Waals surface area contributed by atoms with Gasteiger partial charge in [0.15, 0.2) is 0 Å². The summed E-state index contributed by atoms with van der Waals surface area (Å²) >= 11 is 0. The van der Waals surface area contributed by atoms with Gasteiger partial charge < -0.3 is 4.90 Å². The highest BCUT2D eigenvalue weighted by Gasteiger charge is 2.22. The molecule has 1 aliphatic rings. The Kier molecular flexibility index (Phi) is 2.38. The summed E-state index contributed by atoms with van der Waals surface area (Å²) in [5.74, 6) is -0.0631. The van der Waals surface area contributed by atoms with E-state index in [-0.39, 0.29) is 5.56 Å². The third kappa shape index (κ3) is 1.57. The number of rotatable bonds is 1. The Bertz CT molecular complexity index is 448. The summed E-state index contributed by atoms with van der Waals surface area (Å²) in [5, 5.41) is 16.5. The number of nitriles is 1. The van der Waals surface area contributed by atoms with Crippen LogP contribution in [0.25, 0.3) is 0 Å². The van der Waals surface area contributed by atoms with Gasteiger partial charge in [-0.05, 0) is 18.6 Å². The molecule has 0 unspecified atom stereocenters. The van der Waals surface area contributed by atoms with Crippen LogP contribution in [-0.4, -0.2) is 12.4 Å². The van der Waals surface area contributed by atoms with Crippen molar-refractivity contribution >= 4 is 11.5 Å². The van der Waals surface area contributed by atoms with Crippen molar-refractivity contribution in [2.75, 3.05) is 11.4 Å². The molecule has 1 fully saturated rings. The number of nitrogens with one attached hydrogen (secondary N) is 1. The summed E-state index contributed by atoms with van der Waals surface area (Å²) in [7, 11) is 0. The smallest absolute Gasteiger partial charge is 0.143 e. The number of benzene rings is 1. The van der Waals surface area contributed by atoms with E-state index in [1.807, 2.05) is 6.07 Å². The highest BCUT2D eigenvalue weighted by molar-refractivity contribution is 5.98. The fourth-order valence-electron chi connectivity index (χ4n) is 1.79. The van der Waals surface area contributed by atoms with Crippen molar-refractivity contribution in [2.24, 2.45) is 0 Å². The van der Waals surface area contributed by atoms with Crippen LogP contribution in [0.1, 0.15) is 18.4 Å². The van der Waals surface area contributed by atoms with Gasteiger partial charge in [-0.3, -0.25) is 5.41 Å². The first-order chi connectivity index (χ1) is 7.24. The van der Waals surface area contributed by atoms with E-state index in [0.717, 1.165) is 6.42 Å². The summed E-state index contributed by atoms with van der Waals surface area (Å²) < 4.78 is 13.3. The topological polar surface area (TPSA) is 50.9 Å². The number of hydrogen-bond donors (Lipinski definition) is 1. The zero-order valence-corrected chi connectivity index (χ0v) is 8.13. The zero-order valence-electron chi connectivity index (χ0n) is 8.13. The lowest BCUT2D eigenvalue weighted by molar-refractivity contribution is 0.624. The summed E-state index contributed by atoms with van der Waals surface area (Å²) in [6.07, 6.45) is 1.58. The molecule has 0 radical (unpaired) electrons. The Morgan fingerprint density at radius 2 is 2.27 bits per heavy atom. The first-order valence-corrected chi connectivity index (χ1v) is 4.77. The van der Waals surface area contributed by atoms with Crippen LogP contribution in [0.5, 0.6) is 0 Å². The summed E-state index contributed by atoms with van der Waals surface area (Å²) in [5.41, 5.74) is 0.546. The largest absolute Gasteiger partial charge is 0.329 e. The van der Waals surface area contributed by atoms with Gasteiger partial charge in [-0.2, -0.15) is 5.26 Å². The first-order valence-electron chi connectivity index (χ1n) is 4.77. The fourth-order valence-corrected chi connectivity index (χ4v) is 1.79. The number of hydrogen-bond acceptors (Lipinski definition) is 2. The molecule has 1 heterocycles. The number of nitrogens with zero attached hydrogens (tertiary/aromatic N) is 2. The van der Waals surface area contributed by atoms with E-state index in [4.69, 9.17) is 10.7 Å². The van der Waals surface area contributed by atoms with Gasteiger partial charge in [-0.15, -0.1) is 0 Å². The zero-order chi connectivity index (χ0) is 10.8. The molecule has 1 aromatic rings. The van der Waals surface area contributed by atoms with E-state index >= 15 is 0 Å². The maximum absolute atomic E-state index is 13.3. The van der Waals surface area contributed by atoms with Crippen molar-refractivity contribution in [3.8, 4) is 6.07 Å². The molecule has 1 N–H and O–H groups in total. The van der Waals surface area contributed by atoms with E-state index in [0.29, 0.717) is 24.5 Å². The molecule has 2 rings (SSSR count). The van der Waals surface area contributed by atoms with Crippen LogP contribution in [0.4, 0.5) is 10.1 Å². The molecule has 0 spiro atoms. The normalized spacial score (nSPS) is 15.5. The van der Waals surface area contributed by atoms with Crippen molar-refractivity contribution in [3.05, 3.63) is 29.6 Å². The van der Waals surface area contributed by atoms with Crippen molar-refractivity contribution in [3.63, 3.8) is 0 Å². The Balaban J connectivity index is 2.48. The van der Waals surface area contributed by atoms with Crippen molar-refractivity contribution in [2.45, 2.75) is 12.8 Å². The van der Waals surface area contributed by atoms with Crippen LogP contribution in [0, 0.1) is 22.6 Å². The van der Waals surface area contributed by atoms with E-state index in [1.54, 1.807) is 17.0 Å². The first kappa shape index (κ1) is 9.66. The Labute approximate surface area is 87.3 Å². The minimum atomic E-state index is -0.519. The van der Waals surface area contributed by atoms with Gasteiger partial charge >= 0.3 is 0 Å². The van der Waals surface area contributed by atoms with Crippen molar-refractivity contribution in [1.82, 2.24) is 0 Å². The predicted molar refractivity (Wildman–Crippen MR) is 55.4 cm³/mol. The second-order valence-corrected chi connectivity index (χ2v) is 3.45. The van der Waals surface area contributed by atoms with Crippen LogP contribution < -0.4 is 4.90 Å². The maximum Gasteiger partial charge on any atom is 0.143 e. The lowest BCUT2D eigenvalue weighted by atomic mass is 10.1. The Hall–Kier alpha value is -1.89. The molecule has 0 aliphatic carbocycles.